The Morgan fingerprint density at radius 3 is 2.43 bits per heavy atom. The molecule has 0 aliphatic heterocycles. The SMILES string of the molecule is CC(=O)[C@@]1(/C=C/C(=O)c2ccc(F)cc2)CCCCC1=O. The summed E-state index contributed by atoms with van der Waals surface area (Å²) in [5, 5.41) is 0. The first-order valence-electron chi connectivity index (χ1n) is 6.99. The number of ketones is 3. The summed E-state index contributed by atoms with van der Waals surface area (Å²) in [6.07, 6.45) is 5.09. The standard InChI is InChI=1S/C17H17FO3/c1-12(19)17(10-3-2-4-16(17)21)11-9-15(20)13-5-7-14(18)8-6-13/h5-9,11H,2-4,10H2,1H3/b11-9+/t17-/m0/s1. The molecule has 0 heterocycles. The van der Waals surface area contributed by atoms with Crippen LogP contribution in [0.5, 0.6) is 0 Å². The Hall–Kier alpha value is -2.10. The van der Waals surface area contributed by atoms with Gasteiger partial charge in [0.25, 0.3) is 0 Å². The average molecular weight is 288 g/mol. The summed E-state index contributed by atoms with van der Waals surface area (Å²) in [5.74, 6) is -1.10. The molecule has 1 fully saturated rings. The van der Waals surface area contributed by atoms with E-state index >= 15 is 0 Å². The second kappa shape index (κ2) is 6.12. The topological polar surface area (TPSA) is 51.2 Å². The molecule has 1 atom stereocenters. The maximum atomic E-state index is 12.8. The predicted octanol–water partition coefficient (Wildman–Crippen LogP) is 3.28. The molecule has 0 bridgehead atoms. The first-order chi connectivity index (χ1) is 9.95. The third kappa shape index (κ3) is 3.15. The van der Waals surface area contributed by atoms with Crippen LogP contribution >= 0.6 is 0 Å². The summed E-state index contributed by atoms with van der Waals surface area (Å²) in [6.45, 7) is 1.38. The van der Waals surface area contributed by atoms with Gasteiger partial charge in [0.15, 0.2) is 5.78 Å². The van der Waals surface area contributed by atoms with Gasteiger partial charge in [-0.1, -0.05) is 12.5 Å². The van der Waals surface area contributed by atoms with Gasteiger partial charge in [0.2, 0.25) is 0 Å². The highest BCUT2D eigenvalue weighted by molar-refractivity contribution is 6.11. The molecule has 3 nitrogen and oxygen atoms in total. The molecule has 1 saturated carbocycles. The van der Waals surface area contributed by atoms with E-state index in [-0.39, 0.29) is 17.3 Å². The summed E-state index contributed by atoms with van der Waals surface area (Å²) >= 11 is 0. The van der Waals surface area contributed by atoms with Crippen molar-refractivity contribution in [3.05, 3.63) is 47.8 Å². The van der Waals surface area contributed by atoms with Gasteiger partial charge < -0.3 is 0 Å². The fourth-order valence-corrected chi connectivity index (χ4v) is 2.65. The van der Waals surface area contributed by atoms with E-state index in [9.17, 15) is 18.8 Å². The van der Waals surface area contributed by atoms with Crippen molar-refractivity contribution in [2.75, 3.05) is 0 Å². The number of hydrogen-bond donors (Lipinski definition) is 0. The summed E-state index contributed by atoms with van der Waals surface area (Å²) in [4.78, 5) is 36.0. The van der Waals surface area contributed by atoms with Crippen molar-refractivity contribution in [2.45, 2.75) is 32.6 Å². The van der Waals surface area contributed by atoms with Gasteiger partial charge in [-0.25, -0.2) is 4.39 Å². The maximum absolute atomic E-state index is 12.8. The highest BCUT2D eigenvalue weighted by Gasteiger charge is 2.41. The van der Waals surface area contributed by atoms with Gasteiger partial charge in [0.05, 0.1) is 0 Å². The predicted molar refractivity (Wildman–Crippen MR) is 76.5 cm³/mol. The maximum Gasteiger partial charge on any atom is 0.185 e. The Kier molecular flexibility index (Phi) is 4.46. The quantitative estimate of drug-likeness (QED) is 0.485. The normalized spacial score (nSPS) is 22.5. The number of carbonyl (C=O) groups is 3. The van der Waals surface area contributed by atoms with Crippen LogP contribution < -0.4 is 0 Å². The zero-order chi connectivity index (χ0) is 15.5. The van der Waals surface area contributed by atoms with Crippen LogP contribution in [0.15, 0.2) is 36.4 Å². The first kappa shape index (κ1) is 15.3. The monoisotopic (exact) mass is 288 g/mol. The van der Waals surface area contributed by atoms with Crippen molar-refractivity contribution in [1.29, 1.82) is 0 Å². The second-order valence-corrected chi connectivity index (χ2v) is 5.36. The average Bonchev–Trinajstić information content (AvgIpc) is 2.47. The lowest BCUT2D eigenvalue weighted by Gasteiger charge is -2.30. The van der Waals surface area contributed by atoms with Gasteiger partial charge in [-0.15, -0.1) is 0 Å². The molecular formula is C17H17FO3. The highest BCUT2D eigenvalue weighted by Crippen LogP contribution is 2.35. The fourth-order valence-electron chi connectivity index (χ4n) is 2.65. The summed E-state index contributed by atoms with van der Waals surface area (Å²) in [7, 11) is 0. The Bertz CT molecular complexity index is 601. The van der Waals surface area contributed by atoms with Crippen LogP contribution in [0.1, 0.15) is 43.0 Å². The number of allylic oxidation sites excluding steroid dienone is 2. The van der Waals surface area contributed by atoms with Crippen LogP contribution in [0.4, 0.5) is 4.39 Å². The molecule has 110 valence electrons. The van der Waals surface area contributed by atoms with Gasteiger partial charge in [-0.2, -0.15) is 0 Å². The minimum absolute atomic E-state index is 0.121. The highest BCUT2D eigenvalue weighted by atomic mass is 19.1. The van der Waals surface area contributed by atoms with Crippen LogP contribution in [0.25, 0.3) is 0 Å². The van der Waals surface area contributed by atoms with E-state index < -0.39 is 11.2 Å². The lowest BCUT2D eigenvalue weighted by Crippen LogP contribution is -2.38. The zero-order valence-corrected chi connectivity index (χ0v) is 11.9. The largest absolute Gasteiger partial charge is 0.299 e. The molecule has 0 spiro atoms. The van der Waals surface area contributed by atoms with Crippen LogP contribution in [0, 0.1) is 11.2 Å². The number of benzene rings is 1. The van der Waals surface area contributed by atoms with Crippen molar-refractivity contribution in [1.82, 2.24) is 0 Å². The summed E-state index contributed by atoms with van der Waals surface area (Å²) in [5.41, 5.74) is -0.830. The Morgan fingerprint density at radius 1 is 1.19 bits per heavy atom. The Labute approximate surface area is 122 Å². The van der Waals surface area contributed by atoms with Gasteiger partial charge in [-0.3, -0.25) is 14.4 Å². The van der Waals surface area contributed by atoms with Crippen LogP contribution in [-0.4, -0.2) is 17.3 Å². The first-order valence-corrected chi connectivity index (χ1v) is 6.99. The third-order valence-electron chi connectivity index (χ3n) is 4.00. The Morgan fingerprint density at radius 2 is 1.86 bits per heavy atom. The molecule has 1 aromatic rings. The summed E-state index contributed by atoms with van der Waals surface area (Å²) < 4.78 is 12.8. The number of halogens is 1. The van der Waals surface area contributed by atoms with Crippen molar-refractivity contribution < 1.29 is 18.8 Å². The van der Waals surface area contributed by atoms with Crippen molar-refractivity contribution in [3.8, 4) is 0 Å². The molecule has 0 saturated heterocycles. The summed E-state index contributed by atoms with van der Waals surface area (Å²) in [6, 6.07) is 5.16. The third-order valence-corrected chi connectivity index (χ3v) is 4.00. The Balaban J connectivity index is 2.24. The number of hydrogen-bond acceptors (Lipinski definition) is 3. The zero-order valence-electron chi connectivity index (χ0n) is 11.9. The van der Waals surface area contributed by atoms with E-state index in [0.29, 0.717) is 18.4 Å². The van der Waals surface area contributed by atoms with Crippen LogP contribution in [-0.2, 0) is 9.59 Å². The molecule has 1 aliphatic carbocycles. The van der Waals surface area contributed by atoms with Crippen molar-refractivity contribution in [3.63, 3.8) is 0 Å². The fraction of sp³-hybridized carbons (Fsp3) is 0.353. The molecule has 4 heteroatoms. The smallest absolute Gasteiger partial charge is 0.185 e. The molecule has 0 aromatic heterocycles. The molecule has 0 amide bonds. The van der Waals surface area contributed by atoms with Gasteiger partial charge >= 0.3 is 0 Å². The molecular weight excluding hydrogens is 271 g/mol. The van der Waals surface area contributed by atoms with E-state index in [1.54, 1.807) is 0 Å². The van der Waals surface area contributed by atoms with Crippen LogP contribution in [0.2, 0.25) is 0 Å². The molecule has 1 aromatic carbocycles. The van der Waals surface area contributed by atoms with Crippen LogP contribution in [0.3, 0.4) is 0 Å². The van der Waals surface area contributed by atoms with Gasteiger partial charge in [0.1, 0.15) is 22.8 Å². The molecule has 21 heavy (non-hydrogen) atoms. The van der Waals surface area contributed by atoms with Crippen molar-refractivity contribution >= 4 is 17.3 Å². The number of rotatable bonds is 4. The van der Waals surface area contributed by atoms with Gasteiger partial charge in [0, 0.05) is 12.0 Å². The van der Waals surface area contributed by atoms with E-state index in [0.717, 1.165) is 12.8 Å². The lowest BCUT2D eigenvalue weighted by molar-refractivity contribution is -0.138. The van der Waals surface area contributed by atoms with E-state index in [1.807, 2.05) is 0 Å². The van der Waals surface area contributed by atoms with E-state index in [2.05, 4.69) is 0 Å². The lowest BCUT2D eigenvalue weighted by atomic mass is 9.70. The molecule has 1 aliphatic rings. The molecule has 0 radical (unpaired) electrons. The van der Waals surface area contributed by atoms with Crippen molar-refractivity contribution in [2.24, 2.45) is 5.41 Å². The minimum atomic E-state index is -1.16. The number of Topliss-reactive ketones (excluding diaryl/α,β-unsaturated/α-hetero) is 2. The number of carbonyl (C=O) groups excluding carboxylic acids is 3. The molecule has 2 rings (SSSR count). The molecule has 0 N–H and O–H groups in total. The van der Waals surface area contributed by atoms with E-state index in [1.165, 1.54) is 43.3 Å². The van der Waals surface area contributed by atoms with E-state index in [4.69, 9.17) is 0 Å². The minimum Gasteiger partial charge on any atom is -0.299 e. The molecule has 0 unspecified atom stereocenters. The van der Waals surface area contributed by atoms with Gasteiger partial charge in [-0.05, 0) is 50.1 Å². The second-order valence-electron chi connectivity index (χ2n) is 5.36.